The Labute approximate surface area is 190 Å². The van der Waals surface area contributed by atoms with Gasteiger partial charge in [0.25, 0.3) is 5.79 Å². The third kappa shape index (κ3) is 4.02. The van der Waals surface area contributed by atoms with Crippen molar-refractivity contribution in [1.29, 1.82) is 0 Å². The van der Waals surface area contributed by atoms with E-state index in [9.17, 15) is 9.90 Å². The third-order valence-corrected chi connectivity index (χ3v) is 6.55. The molecule has 7 heteroatoms. The molecule has 2 aromatic carbocycles. The van der Waals surface area contributed by atoms with Crippen molar-refractivity contribution in [2.24, 2.45) is 0 Å². The summed E-state index contributed by atoms with van der Waals surface area (Å²) in [6, 6.07) is 20.1. The molecular weight excluding hydrogens is 428 g/mol. The number of rotatable bonds is 8. The highest BCUT2D eigenvalue weighted by atomic mass is 32.1. The van der Waals surface area contributed by atoms with E-state index in [0.717, 1.165) is 10.4 Å². The van der Waals surface area contributed by atoms with Gasteiger partial charge in [-0.2, -0.15) is 0 Å². The third-order valence-electron chi connectivity index (χ3n) is 5.46. The molecular formula is C25H24O6S. The first-order valence-electron chi connectivity index (χ1n) is 10.0. The van der Waals surface area contributed by atoms with E-state index in [2.05, 4.69) is 0 Å². The Kier molecular flexibility index (Phi) is 6.32. The molecule has 166 valence electrons. The first-order valence-corrected chi connectivity index (χ1v) is 10.9. The number of thiophene rings is 1. The molecule has 2 heterocycles. The smallest absolute Gasteiger partial charge is 0.340 e. The predicted molar refractivity (Wildman–Crippen MR) is 121 cm³/mol. The minimum absolute atomic E-state index is 0.291. The van der Waals surface area contributed by atoms with Gasteiger partial charge in [0.1, 0.15) is 11.9 Å². The molecule has 0 fully saturated rings. The van der Waals surface area contributed by atoms with Crippen LogP contribution in [0.2, 0.25) is 0 Å². The topological polar surface area (TPSA) is 74.2 Å². The number of cyclic esters (lactones) is 1. The molecule has 2 atom stereocenters. The SMILES string of the molecule is COc1ccc(C2(O)OC(=O)C(C(OC)c3ccc(OC)s3)=C2Cc2ccccc2)cc1. The fourth-order valence-corrected chi connectivity index (χ4v) is 4.76. The van der Waals surface area contributed by atoms with Crippen molar-refractivity contribution in [1.82, 2.24) is 0 Å². The van der Waals surface area contributed by atoms with Crippen LogP contribution in [0.1, 0.15) is 22.1 Å². The Hall–Kier alpha value is -3.13. The first-order chi connectivity index (χ1) is 15.5. The van der Waals surface area contributed by atoms with Gasteiger partial charge in [0, 0.05) is 29.5 Å². The molecule has 6 nitrogen and oxygen atoms in total. The van der Waals surface area contributed by atoms with Gasteiger partial charge in [0.2, 0.25) is 0 Å². The molecule has 0 bridgehead atoms. The van der Waals surface area contributed by atoms with Crippen molar-refractivity contribution in [2.75, 3.05) is 21.3 Å². The average molecular weight is 453 g/mol. The maximum Gasteiger partial charge on any atom is 0.340 e. The van der Waals surface area contributed by atoms with Crippen LogP contribution in [-0.4, -0.2) is 32.4 Å². The van der Waals surface area contributed by atoms with Crippen LogP contribution in [0.15, 0.2) is 77.9 Å². The molecule has 0 aliphatic carbocycles. The number of hydrogen-bond donors (Lipinski definition) is 1. The lowest BCUT2D eigenvalue weighted by molar-refractivity contribution is -0.186. The highest BCUT2D eigenvalue weighted by Crippen LogP contribution is 2.47. The van der Waals surface area contributed by atoms with Crippen LogP contribution in [0.4, 0.5) is 0 Å². The lowest BCUT2D eigenvalue weighted by Gasteiger charge is -2.26. The summed E-state index contributed by atoms with van der Waals surface area (Å²) in [6.07, 6.45) is -0.394. The van der Waals surface area contributed by atoms with Gasteiger partial charge in [0.15, 0.2) is 5.06 Å². The van der Waals surface area contributed by atoms with Crippen molar-refractivity contribution in [3.8, 4) is 10.8 Å². The minimum atomic E-state index is -1.92. The van der Waals surface area contributed by atoms with Gasteiger partial charge in [-0.25, -0.2) is 4.79 Å². The van der Waals surface area contributed by atoms with Gasteiger partial charge >= 0.3 is 5.97 Å². The summed E-state index contributed by atoms with van der Waals surface area (Å²) in [7, 11) is 4.68. The van der Waals surface area contributed by atoms with E-state index >= 15 is 0 Å². The maximum atomic E-state index is 13.2. The van der Waals surface area contributed by atoms with Crippen LogP contribution in [0, 0.1) is 0 Å². The molecule has 0 saturated carbocycles. The molecule has 0 saturated heterocycles. The number of carbonyl (C=O) groups is 1. The molecule has 3 aromatic rings. The van der Waals surface area contributed by atoms with Crippen molar-refractivity contribution < 1.29 is 28.8 Å². The fraction of sp³-hybridized carbons (Fsp3) is 0.240. The Morgan fingerprint density at radius 1 is 0.969 bits per heavy atom. The second-order valence-electron chi connectivity index (χ2n) is 7.29. The van der Waals surface area contributed by atoms with Crippen LogP contribution in [0.5, 0.6) is 10.8 Å². The van der Waals surface area contributed by atoms with Crippen LogP contribution < -0.4 is 9.47 Å². The standard InChI is InChI=1S/C25H24O6S/c1-28-18-11-9-17(10-12-18)25(27)19(15-16-7-5-4-6-8-16)22(24(26)31-25)23(30-3)20-13-14-21(29-2)32-20/h4-14,23,27H,15H2,1-3H3. The zero-order valence-electron chi connectivity index (χ0n) is 18.0. The zero-order valence-corrected chi connectivity index (χ0v) is 18.8. The molecule has 0 amide bonds. The fourth-order valence-electron chi connectivity index (χ4n) is 3.85. The largest absolute Gasteiger partial charge is 0.497 e. The highest BCUT2D eigenvalue weighted by Gasteiger charge is 2.50. The summed E-state index contributed by atoms with van der Waals surface area (Å²) < 4.78 is 21.9. The van der Waals surface area contributed by atoms with E-state index in [-0.39, 0.29) is 0 Å². The Morgan fingerprint density at radius 3 is 2.28 bits per heavy atom. The lowest BCUT2D eigenvalue weighted by Crippen LogP contribution is -2.29. The van der Waals surface area contributed by atoms with Crippen LogP contribution >= 0.6 is 11.3 Å². The van der Waals surface area contributed by atoms with E-state index in [1.165, 1.54) is 18.4 Å². The number of aliphatic hydroxyl groups is 1. The molecule has 1 aliphatic rings. The molecule has 4 rings (SSSR count). The number of esters is 1. The number of ether oxygens (including phenoxy) is 4. The lowest BCUT2D eigenvalue weighted by atomic mass is 9.88. The molecule has 2 unspecified atom stereocenters. The van der Waals surface area contributed by atoms with E-state index in [0.29, 0.717) is 33.9 Å². The summed E-state index contributed by atoms with van der Waals surface area (Å²) in [6.45, 7) is 0. The highest BCUT2D eigenvalue weighted by molar-refractivity contribution is 7.13. The molecule has 1 aromatic heterocycles. The summed E-state index contributed by atoms with van der Waals surface area (Å²) >= 11 is 1.38. The van der Waals surface area contributed by atoms with E-state index in [1.807, 2.05) is 42.5 Å². The second-order valence-corrected chi connectivity index (χ2v) is 8.37. The van der Waals surface area contributed by atoms with Gasteiger partial charge in [-0.1, -0.05) is 30.3 Å². The van der Waals surface area contributed by atoms with E-state index < -0.39 is 17.9 Å². The van der Waals surface area contributed by atoms with Crippen molar-refractivity contribution in [3.63, 3.8) is 0 Å². The molecule has 1 aliphatic heterocycles. The van der Waals surface area contributed by atoms with Gasteiger partial charge in [0.05, 0.1) is 19.8 Å². The van der Waals surface area contributed by atoms with Crippen molar-refractivity contribution in [3.05, 3.63) is 93.9 Å². The molecule has 1 N–H and O–H groups in total. The second kappa shape index (κ2) is 9.16. The van der Waals surface area contributed by atoms with Gasteiger partial charge in [-0.05, 0) is 42.0 Å². The number of carbonyl (C=O) groups excluding carboxylic acids is 1. The summed E-state index contributed by atoms with van der Waals surface area (Å²) in [4.78, 5) is 13.9. The van der Waals surface area contributed by atoms with Crippen LogP contribution in [-0.2, 0) is 26.5 Å². The monoisotopic (exact) mass is 452 g/mol. The van der Waals surface area contributed by atoms with Crippen molar-refractivity contribution in [2.45, 2.75) is 18.3 Å². The van der Waals surface area contributed by atoms with Crippen LogP contribution in [0.3, 0.4) is 0 Å². The minimum Gasteiger partial charge on any atom is -0.497 e. The predicted octanol–water partition coefficient (Wildman–Crippen LogP) is 4.39. The van der Waals surface area contributed by atoms with E-state index in [4.69, 9.17) is 18.9 Å². The maximum absolute atomic E-state index is 13.2. The summed E-state index contributed by atoms with van der Waals surface area (Å²) in [5.74, 6) is -1.91. The van der Waals surface area contributed by atoms with E-state index in [1.54, 1.807) is 38.5 Å². The zero-order chi connectivity index (χ0) is 22.7. The van der Waals surface area contributed by atoms with Gasteiger partial charge in [-0.3, -0.25) is 0 Å². The Balaban J connectivity index is 1.86. The van der Waals surface area contributed by atoms with Crippen molar-refractivity contribution >= 4 is 17.3 Å². The van der Waals surface area contributed by atoms with Crippen LogP contribution in [0.25, 0.3) is 0 Å². The Morgan fingerprint density at radius 2 is 1.69 bits per heavy atom. The number of benzene rings is 2. The molecule has 32 heavy (non-hydrogen) atoms. The first kappa shape index (κ1) is 22.1. The average Bonchev–Trinajstić information content (AvgIpc) is 3.39. The Bertz CT molecular complexity index is 1120. The summed E-state index contributed by atoms with van der Waals surface area (Å²) in [5.41, 5.74) is 2.10. The molecule has 0 spiro atoms. The van der Waals surface area contributed by atoms with Gasteiger partial charge < -0.3 is 24.1 Å². The number of methoxy groups -OCH3 is 3. The molecule has 0 radical (unpaired) electrons. The number of hydrogen-bond acceptors (Lipinski definition) is 7. The normalized spacial score (nSPS) is 19.1. The van der Waals surface area contributed by atoms with Gasteiger partial charge in [-0.15, -0.1) is 11.3 Å². The summed E-state index contributed by atoms with van der Waals surface area (Å²) in [5, 5.41) is 12.4. The quantitative estimate of drug-likeness (QED) is 0.511.